The van der Waals surface area contributed by atoms with Gasteiger partial charge in [-0.25, -0.2) is 8.78 Å². The van der Waals surface area contributed by atoms with E-state index in [1.807, 2.05) is 62.5 Å². The summed E-state index contributed by atoms with van der Waals surface area (Å²) < 4.78 is 27.6. The highest BCUT2D eigenvalue weighted by molar-refractivity contribution is 5.70. The molecule has 0 bridgehead atoms. The topological polar surface area (TPSA) is 12.4 Å². The van der Waals surface area contributed by atoms with Gasteiger partial charge in [0.2, 0.25) is 0 Å². The van der Waals surface area contributed by atoms with Crippen LogP contribution < -0.4 is 0 Å². The Kier molecular flexibility index (Phi) is 5.17. The highest BCUT2D eigenvalue weighted by Gasteiger charge is 2.29. The largest absolute Gasteiger partial charge is 0.285 e. The first kappa shape index (κ1) is 18.2. The maximum absolute atomic E-state index is 13.8. The SMILES string of the molecule is CC1(C=NC(C)(Cc2ccccc2)c2cccc(F)c2)C=CC=C(F)C1. The van der Waals surface area contributed by atoms with Gasteiger partial charge in [-0.3, -0.25) is 4.99 Å². The first-order chi connectivity index (χ1) is 12.4. The lowest BCUT2D eigenvalue weighted by atomic mass is 9.82. The van der Waals surface area contributed by atoms with Crippen LogP contribution in [0.3, 0.4) is 0 Å². The molecule has 0 radical (unpaired) electrons. The van der Waals surface area contributed by atoms with Crippen molar-refractivity contribution in [3.8, 4) is 0 Å². The van der Waals surface area contributed by atoms with Crippen LogP contribution in [0.2, 0.25) is 0 Å². The average molecular weight is 351 g/mol. The number of hydrogen-bond acceptors (Lipinski definition) is 1. The summed E-state index contributed by atoms with van der Waals surface area (Å²) in [6.07, 6.45) is 7.88. The molecule has 134 valence electrons. The molecule has 1 aliphatic rings. The molecular formula is C23H23F2N. The van der Waals surface area contributed by atoms with Crippen molar-refractivity contribution in [3.63, 3.8) is 0 Å². The fourth-order valence-corrected chi connectivity index (χ4v) is 3.27. The van der Waals surface area contributed by atoms with Crippen LogP contribution in [-0.4, -0.2) is 6.21 Å². The Morgan fingerprint density at radius 2 is 1.88 bits per heavy atom. The molecule has 2 aromatic rings. The first-order valence-corrected chi connectivity index (χ1v) is 8.79. The van der Waals surface area contributed by atoms with Gasteiger partial charge in [-0.1, -0.05) is 61.5 Å². The van der Waals surface area contributed by atoms with Gasteiger partial charge in [-0.15, -0.1) is 0 Å². The highest BCUT2D eigenvalue weighted by atomic mass is 19.1. The molecule has 0 N–H and O–H groups in total. The Hall–Kier alpha value is -2.55. The van der Waals surface area contributed by atoms with Crippen molar-refractivity contribution >= 4 is 6.21 Å². The summed E-state index contributed by atoms with van der Waals surface area (Å²) in [4.78, 5) is 4.86. The molecule has 0 amide bonds. The van der Waals surface area contributed by atoms with Crippen LogP contribution in [0.15, 0.2) is 83.6 Å². The third-order valence-corrected chi connectivity index (χ3v) is 4.79. The Morgan fingerprint density at radius 3 is 2.58 bits per heavy atom. The van der Waals surface area contributed by atoms with E-state index in [4.69, 9.17) is 4.99 Å². The Balaban J connectivity index is 1.96. The summed E-state index contributed by atoms with van der Waals surface area (Å²) >= 11 is 0. The molecule has 2 atom stereocenters. The van der Waals surface area contributed by atoms with Gasteiger partial charge in [0, 0.05) is 24.5 Å². The fourth-order valence-electron chi connectivity index (χ4n) is 3.27. The van der Waals surface area contributed by atoms with Gasteiger partial charge in [0.1, 0.15) is 11.6 Å². The number of rotatable bonds is 5. The van der Waals surface area contributed by atoms with Crippen LogP contribution in [0.4, 0.5) is 8.78 Å². The van der Waals surface area contributed by atoms with Crippen molar-refractivity contribution < 1.29 is 8.78 Å². The van der Waals surface area contributed by atoms with Crippen molar-refractivity contribution in [2.75, 3.05) is 0 Å². The molecule has 0 saturated heterocycles. The molecular weight excluding hydrogens is 328 g/mol. The van der Waals surface area contributed by atoms with E-state index in [2.05, 4.69) is 0 Å². The van der Waals surface area contributed by atoms with Gasteiger partial charge in [0.05, 0.1) is 5.54 Å². The Bertz CT molecular complexity index is 854. The minimum atomic E-state index is -0.641. The molecule has 1 nitrogen and oxygen atoms in total. The lowest BCUT2D eigenvalue weighted by Gasteiger charge is -2.29. The second-order valence-electron chi connectivity index (χ2n) is 7.36. The zero-order chi connectivity index (χ0) is 18.6. The normalized spacial score (nSPS) is 22.2. The summed E-state index contributed by atoms with van der Waals surface area (Å²) in [6, 6.07) is 16.6. The summed E-state index contributed by atoms with van der Waals surface area (Å²) in [5.41, 5.74) is 0.797. The molecule has 2 unspecified atom stereocenters. The van der Waals surface area contributed by atoms with E-state index in [0.29, 0.717) is 6.42 Å². The van der Waals surface area contributed by atoms with Crippen LogP contribution in [0.5, 0.6) is 0 Å². The third-order valence-electron chi connectivity index (χ3n) is 4.79. The fraction of sp³-hybridized carbons (Fsp3) is 0.261. The van der Waals surface area contributed by atoms with Gasteiger partial charge < -0.3 is 0 Å². The van der Waals surface area contributed by atoms with Crippen LogP contribution in [-0.2, 0) is 12.0 Å². The molecule has 26 heavy (non-hydrogen) atoms. The molecule has 0 saturated carbocycles. The minimum absolute atomic E-state index is 0.156. The van der Waals surface area contributed by atoms with E-state index in [9.17, 15) is 8.78 Å². The first-order valence-electron chi connectivity index (χ1n) is 8.79. The molecule has 0 spiro atoms. The zero-order valence-corrected chi connectivity index (χ0v) is 15.1. The van der Waals surface area contributed by atoms with E-state index in [0.717, 1.165) is 11.1 Å². The van der Waals surface area contributed by atoms with E-state index in [1.54, 1.807) is 12.1 Å². The lowest BCUT2D eigenvalue weighted by Crippen LogP contribution is -2.26. The Morgan fingerprint density at radius 1 is 1.12 bits per heavy atom. The summed E-state index contributed by atoms with van der Waals surface area (Å²) in [6.45, 7) is 3.95. The van der Waals surface area contributed by atoms with Crippen molar-refractivity contribution in [1.29, 1.82) is 0 Å². The van der Waals surface area contributed by atoms with Gasteiger partial charge in [0.25, 0.3) is 0 Å². The minimum Gasteiger partial charge on any atom is -0.285 e. The summed E-state index contributed by atoms with van der Waals surface area (Å²) in [5, 5.41) is 0. The predicted octanol–water partition coefficient (Wildman–Crippen LogP) is 6.17. The van der Waals surface area contributed by atoms with Crippen molar-refractivity contribution in [2.45, 2.75) is 32.2 Å². The second kappa shape index (κ2) is 7.36. The quantitative estimate of drug-likeness (QED) is 0.571. The van der Waals surface area contributed by atoms with E-state index >= 15 is 0 Å². The van der Waals surface area contributed by atoms with Crippen LogP contribution in [0, 0.1) is 11.2 Å². The van der Waals surface area contributed by atoms with Gasteiger partial charge in [-0.05, 0) is 36.3 Å². The number of benzene rings is 2. The smallest absolute Gasteiger partial charge is 0.123 e. The molecule has 2 aromatic carbocycles. The van der Waals surface area contributed by atoms with E-state index in [-0.39, 0.29) is 18.1 Å². The zero-order valence-electron chi connectivity index (χ0n) is 15.1. The number of halogens is 2. The standard InChI is InChI=1S/C23H23F2N/c1-22(13-7-12-21(25)16-22)17-26-23(2,15-18-8-4-3-5-9-18)19-10-6-11-20(24)14-19/h3-14,17H,15-16H2,1-2H3. The van der Waals surface area contributed by atoms with E-state index in [1.165, 1.54) is 18.2 Å². The molecule has 0 heterocycles. The number of aliphatic imine (C=N–C) groups is 1. The van der Waals surface area contributed by atoms with Gasteiger partial charge in [-0.2, -0.15) is 0 Å². The average Bonchev–Trinajstić information content (AvgIpc) is 2.61. The summed E-state index contributed by atoms with van der Waals surface area (Å²) in [5.74, 6) is -0.438. The van der Waals surface area contributed by atoms with E-state index < -0.39 is 11.0 Å². The monoisotopic (exact) mass is 351 g/mol. The molecule has 0 aliphatic heterocycles. The highest BCUT2D eigenvalue weighted by Crippen LogP contribution is 2.34. The summed E-state index contributed by atoms with van der Waals surface area (Å²) in [7, 11) is 0. The molecule has 3 heteroatoms. The van der Waals surface area contributed by atoms with Crippen molar-refractivity contribution in [2.24, 2.45) is 10.4 Å². The molecule has 0 aromatic heterocycles. The molecule has 1 aliphatic carbocycles. The van der Waals surface area contributed by atoms with Crippen LogP contribution in [0.1, 0.15) is 31.4 Å². The number of nitrogens with zero attached hydrogens (tertiary/aromatic N) is 1. The van der Waals surface area contributed by atoms with Crippen molar-refractivity contribution in [1.82, 2.24) is 0 Å². The second-order valence-corrected chi connectivity index (χ2v) is 7.36. The van der Waals surface area contributed by atoms with Gasteiger partial charge >= 0.3 is 0 Å². The van der Waals surface area contributed by atoms with Crippen LogP contribution >= 0.6 is 0 Å². The maximum Gasteiger partial charge on any atom is 0.123 e. The predicted molar refractivity (Wildman–Crippen MR) is 103 cm³/mol. The Labute approximate surface area is 153 Å². The molecule has 3 rings (SSSR count). The lowest BCUT2D eigenvalue weighted by molar-refractivity contribution is 0.462. The number of allylic oxidation sites excluding steroid dienone is 4. The van der Waals surface area contributed by atoms with Crippen molar-refractivity contribution in [3.05, 3.63) is 95.6 Å². The molecule has 0 fully saturated rings. The van der Waals surface area contributed by atoms with Gasteiger partial charge in [0.15, 0.2) is 0 Å². The number of hydrogen-bond donors (Lipinski definition) is 0. The maximum atomic E-state index is 13.8. The third kappa shape index (κ3) is 4.34. The van der Waals surface area contributed by atoms with Crippen LogP contribution in [0.25, 0.3) is 0 Å².